The molecule has 4 aliphatic rings. The molecule has 0 aromatic rings. The molecule has 0 amide bonds. The Balaban J connectivity index is 1.81. The van der Waals surface area contributed by atoms with Gasteiger partial charge < -0.3 is 4.74 Å². The monoisotopic (exact) mass is 249 g/mol. The van der Waals surface area contributed by atoms with E-state index in [1.807, 2.05) is 0 Å². The molecule has 4 rings (SSSR count). The average Bonchev–Trinajstić information content (AvgIpc) is 2.87. The maximum atomic E-state index is 6.31. The second kappa shape index (κ2) is 3.52. The second-order valence-corrected chi connectivity index (χ2v) is 7.91. The number of hydrogen-bond acceptors (Lipinski definition) is 2. The molecule has 2 heteroatoms. The lowest BCUT2D eigenvalue weighted by molar-refractivity contribution is -0.0553. The third-order valence-electron chi connectivity index (χ3n) is 7.08. The summed E-state index contributed by atoms with van der Waals surface area (Å²) in [5.74, 6) is 4.32. The summed E-state index contributed by atoms with van der Waals surface area (Å²) in [6.45, 7) is 9.77. The molecular weight excluding hydrogens is 222 g/mol. The van der Waals surface area contributed by atoms with Crippen molar-refractivity contribution in [2.45, 2.75) is 45.8 Å². The standard InChI is InChI=1S/C16H27NO/c1-9(2)13-11-8-18-14(13)15-16(3)10(7-17(15)4)5-6-12(11)16/h9-15H,5-8H2,1-4H3/t10-,11-,12+,13+,14-,15-,16?/m1/s1. The number of likely N-dealkylation sites (N-methyl/N-ethyl adjacent to an activating group) is 1. The largest absolute Gasteiger partial charge is 0.376 e. The van der Waals surface area contributed by atoms with Crippen molar-refractivity contribution in [3.8, 4) is 0 Å². The Morgan fingerprint density at radius 1 is 1.28 bits per heavy atom. The van der Waals surface area contributed by atoms with Crippen LogP contribution in [0.25, 0.3) is 0 Å². The molecule has 102 valence electrons. The summed E-state index contributed by atoms with van der Waals surface area (Å²) in [5.41, 5.74) is 0.561. The van der Waals surface area contributed by atoms with Crippen LogP contribution < -0.4 is 0 Å². The molecule has 0 aromatic carbocycles. The quantitative estimate of drug-likeness (QED) is 0.708. The van der Waals surface area contributed by atoms with E-state index in [0.717, 1.165) is 36.2 Å². The zero-order chi connectivity index (χ0) is 12.7. The van der Waals surface area contributed by atoms with Gasteiger partial charge in [-0.05, 0) is 54.9 Å². The first-order chi connectivity index (χ1) is 8.55. The van der Waals surface area contributed by atoms with Gasteiger partial charge in [0.2, 0.25) is 0 Å². The van der Waals surface area contributed by atoms with Gasteiger partial charge in [-0.2, -0.15) is 0 Å². The van der Waals surface area contributed by atoms with E-state index >= 15 is 0 Å². The third kappa shape index (κ3) is 1.13. The van der Waals surface area contributed by atoms with Crippen LogP contribution in [0.3, 0.4) is 0 Å². The minimum absolute atomic E-state index is 0.518. The summed E-state index contributed by atoms with van der Waals surface area (Å²) < 4.78 is 6.31. The first-order valence-corrected chi connectivity index (χ1v) is 7.87. The van der Waals surface area contributed by atoms with E-state index in [1.165, 1.54) is 19.4 Å². The number of nitrogens with zero attached hydrogens (tertiary/aromatic N) is 1. The van der Waals surface area contributed by atoms with Crippen molar-refractivity contribution in [2.24, 2.45) is 35.0 Å². The Kier molecular flexibility index (Phi) is 2.29. The smallest absolute Gasteiger partial charge is 0.0769 e. The molecule has 0 spiro atoms. The molecule has 4 fully saturated rings. The van der Waals surface area contributed by atoms with Gasteiger partial charge >= 0.3 is 0 Å². The third-order valence-corrected chi connectivity index (χ3v) is 7.08. The Bertz CT molecular complexity index is 368. The number of fused-ring (bicyclic) bond motifs is 4. The summed E-state index contributed by atoms with van der Waals surface area (Å²) in [6.07, 6.45) is 3.45. The highest BCUT2D eigenvalue weighted by Gasteiger charge is 2.68. The molecule has 2 aliphatic carbocycles. The second-order valence-electron chi connectivity index (χ2n) is 7.91. The van der Waals surface area contributed by atoms with Crippen LogP contribution in [0.15, 0.2) is 0 Å². The molecule has 18 heavy (non-hydrogen) atoms. The van der Waals surface area contributed by atoms with E-state index in [0.29, 0.717) is 17.6 Å². The highest BCUT2D eigenvalue weighted by molar-refractivity contribution is 5.18. The number of rotatable bonds is 1. The fraction of sp³-hybridized carbons (Fsp3) is 1.00. The van der Waals surface area contributed by atoms with Gasteiger partial charge in [-0.15, -0.1) is 0 Å². The van der Waals surface area contributed by atoms with Gasteiger partial charge in [0.25, 0.3) is 0 Å². The highest BCUT2D eigenvalue weighted by Crippen LogP contribution is 2.66. The van der Waals surface area contributed by atoms with Crippen molar-refractivity contribution in [2.75, 3.05) is 20.2 Å². The molecule has 2 saturated heterocycles. The normalized spacial score (nSPS) is 58.5. The van der Waals surface area contributed by atoms with Crippen molar-refractivity contribution in [1.82, 2.24) is 4.90 Å². The first-order valence-electron chi connectivity index (χ1n) is 7.87. The van der Waals surface area contributed by atoms with Gasteiger partial charge in [0.05, 0.1) is 12.7 Å². The molecular formula is C16H27NO. The van der Waals surface area contributed by atoms with Crippen LogP contribution in [0.1, 0.15) is 33.6 Å². The fourth-order valence-electron chi connectivity index (χ4n) is 6.52. The van der Waals surface area contributed by atoms with Crippen LogP contribution in [0.2, 0.25) is 0 Å². The van der Waals surface area contributed by atoms with Gasteiger partial charge in [-0.3, -0.25) is 4.90 Å². The molecule has 2 heterocycles. The topological polar surface area (TPSA) is 12.5 Å². The van der Waals surface area contributed by atoms with Crippen LogP contribution in [-0.4, -0.2) is 37.2 Å². The SMILES string of the molecule is CC(C)[C@H]1[C@@H]2CO[C@H]1[C@H]1N(C)C[C@H]3CC[C@@H]2C31C. The fourth-order valence-corrected chi connectivity index (χ4v) is 6.52. The average molecular weight is 249 g/mol. The van der Waals surface area contributed by atoms with Gasteiger partial charge in [0.15, 0.2) is 0 Å². The maximum Gasteiger partial charge on any atom is 0.0769 e. The van der Waals surface area contributed by atoms with E-state index in [9.17, 15) is 0 Å². The lowest BCUT2D eigenvalue weighted by Crippen LogP contribution is -2.57. The van der Waals surface area contributed by atoms with Gasteiger partial charge in [-0.25, -0.2) is 0 Å². The van der Waals surface area contributed by atoms with Crippen molar-refractivity contribution < 1.29 is 4.74 Å². The van der Waals surface area contributed by atoms with Crippen molar-refractivity contribution >= 4 is 0 Å². The summed E-state index contributed by atoms with van der Waals surface area (Å²) in [7, 11) is 2.34. The lowest BCUT2D eigenvalue weighted by atomic mass is 9.55. The Hall–Kier alpha value is -0.0800. The van der Waals surface area contributed by atoms with Crippen molar-refractivity contribution in [3.05, 3.63) is 0 Å². The predicted octanol–water partition coefficient (Wildman–Crippen LogP) is 2.63. The van der Waals surface area contributed by atoms with E-state index in [1.54, 1.807) is 0 Å². The van der Waals surface area contributed by atoms with Crippen LogP contribution in [-0.2, 0) is 4.74 Å². The van der Waals surface area contributed by atoms with Gasteiger partial charge in [0.1, 0.15) is 0 Å². The molecule has 0 N–H and O–H groups in total. The lowest BCUT2D eigenvalue weighted by Gasteiger charge is -2.51. The predicted molar refractivity (Wildman–Crippen MR) is 72.3 cm³/mol. The molecule has 2 bridgehead atoms. The molecule has 2 saturated carbocycles. The Labute approximate surface area is 111 Å². The number of likely N-dealkylation sites (tertiary alicyclic amines) is 1. The minimum atomic E-state index is 0.518. The van der Waals surface area contributed by atoms with E-state index < -0.39 is 0 Å². The molecule has 1 unspecified atom stereocenters. The van der Waals surface area contributed by atoms with Crippen LogP contribution in [0, 0.1) is 35.0 Å². The van der Waals surface area contributed by atoms with Crippen LogP contribution in [0.4, 0.5) is 0 Å². The summed E-state index contributed by atoms with van der Waals surface area (Å²) >= 11 is 0. The molecule has 0 aromatic heterocycles. The minimum Gasteiger partial charge on any atom is -0.376 e. The van der Waals surface area contributed by atoms with Gasteiger partial charge in [-0.1, -0.05) is 20.8 Å². The Morgan fingerprint density at radius 3 is 2.78 bits per heavy atom. The zero-order valence-electron chi connectivity index (χ0n) is 12.2. The van der Waals surface area contributed by atoms with Crippen molar-refractivity contribution in [3.63, 3.8) is 0 Å². The summed E-state index contributed by atoms with van der Waals surface area (Å²) in [5, 5.41) is 0. The zero-order valence-corrected chi connectivity index (χ0v) is 12.2. The maximum absolute atomic E-state index is 6.31. The highest BCUT2D eigenvalue weighted by atomic mass is 16.5. The van der Waals surface area contributed by atoms with Crippen LogP contribution in [0.5, 0.6) is 0 Å². The Morgan fingerprint density at radius 2 is 2.06 bits per heavy atom. The van der Waals surface area contributed by atoms with E-state index in [4.69, 9.17) is 4.74 Å². The summed E-state index contributed by atoms with van der Waals surface area (Å²) in [6, 6.07) is 0.696. The molecule has 7 atom stereocenters. The van der Waals surface area contributed by atoms with E-state index in [-0.39, 0.29) is 0 Å². The van der Waals surface area contributed by atoms with E-state index in [2.05, 4.69) is 32.7 Å². The molecule has 0 radical (unpaired) electrons. The van der Waals surface area contributed by atoms with Gasteiger partial charge in [0, 0.05) is 12.6 Å². The van der Waals surface area contributed by atoms with Crippen molar-refractivity contribution in [1.29, 1.82) is 0 Å². The summed E-state index contributed by atoms with van der Waals surface area (Å²) in [4.78, 5) is 2.64. The molecule has 2 aliphatic heterocycles. The van der Waals surface area contributed by atoms with Crippen LogP contribution >= 0.6 is 0 Å². The molecule has 2 nitrogen and oxygen atoms in total. The number of ether oxygens (including phenoxy) is 1. The number of hydrogen-bond donors (Lipinski definition) is 0. The first kappa shape index (κ1) is 11.7.